The van der Waals surface area contributed by atoms with Gasteiger partial charge in [0.15, 0.2) is 0 Å². The largest absolute Gasteiger partial charge is 0.419 e. The molecule has 0 radical (unpaired) electrons. The summed E-state index contributed by atoms with van der Waals surface area (Å²) >= 11 is 0. The molecule has 7 rings (SSSR count). The molecule has 2 saturated heterocycles. The molecule has 0 saturated carbocycles. The van der Waals surface area contributed by atoms with Crippen LogP contribution in [0.4, 0.5) is 41.7 Å². The molecular formula is C38H35F3N8O5. The highest BCUT2D eigenvalue weighted by atomic mass is 19.4. The Morgan fingerprint density at radius 2 is 1.67 bits per heavy atom. The van der Waals surface area contributed by atoms with Crippen LogP contribution in [0.1, 0.15) is 61.5 Å². The van der Waals surface area contributed by atoms with Crippen LogP contribution in [-0.4, -0.2) is 71.6 Å². The van der Waals surface area contributed by atoms with Gasteiger partial charge < -0.3 is 26.2 Å². The lowest BCUT2D eigenvalue weighted by atomic mass is 10.0. The average Bonchev–Trinajstić information content (AvgIpc) is 3.73. The van der Waals surface area contributed by atoms with Crippen molar-refractivity contribution in [3.05, 3.63) is 107 Å². The number of hydrogen-bond acceptors (Lipinski definition) is 10. The number of carbonyl (C=O) groups is 5. The first-order valence-electron chi connectivity index (χ1n) is 17.2. The fourth-order valence-electron chi connectivity index (χ4n) is 6.86. The first-order valence-corrected chi connectivity index (χ1v) is 17.2. The molecule has 4 aromatic rings. The van der Waals surface area contributed by atoms with E-state index in [4.69, 9.17) is 0 Å². The van der Waals surface area contributed by atoms with E-state index in [1.165, 1.54) is 25.2 Å². The summed E-state index contributed by atoms with van der Waals surface area (Å²) in [4.78, 5) is 69.7. The Balaban J connectivity index is 0.959. The third kappa shape index (κ3) is 7.32. The van der Waals surface area contributed by atoms with Gasteiger partial charge in [-0.15, -0.1) is 0 Å². The molecule has 3 aliphatic heterocycles. The van der Waals surface area contributed by atoms with Crippen LogP contribution in [0, 0.1) is 0 Å². The SMILES string of the molecule is CNC(=O)c1ccccc1Nc1cc(Nc2ccc(CN[C@@H]3CCN(c4ccc5c(c4)C(=O)N(C4CCC(=O)NC4=O)C5=O)C3)cc2)ncc1C(F)(F)F. The normalized spacial score (nSPS) is 18.4. The number of nitrogens with one attached hydrogen (secondary N) is 5. The Morgan fingerprint density at radius 3 is 2.41 bits per heavy atom. The van der Waals surface area contributed by atoms with Crippen molar-refractivity contribution in [3.63, 3.8) is 0 Å². The Labute approximate surface area is 307 Å². The molecule has 16 heteroatoms. The van der Waals surface area contributed by atoms with Gasteiger partial charge in [0.05, 0.1) is 33.6 Å². The van der Waals surface area contributed by atoms with Gasteiger partial charge in [-0.1, -0.05) is 24.3 Å². The van der Waals surface area contributed by atoms with Gasteiger partial charge in [0.1, 0.15) is 11.9 Å². The first kappa shape index (κ1) is 36.1. The van der Waals surface area contributed by atoms with E-state index in [0.29, 0.717) is 25.3 Å². The van der Waals surface area contributed by atoms with E-state index in [1.54, 1.807) is 42.5 Å². The van der Waals surface area contributed by atoms with Crippen molar-refractivity contribution in [2.24, 2.45) is 0 Å². The van der Waals surface area contributed by atoms with Crippen LogP contribution in [0.3, 0.4) is 0 Å². The minimum Gasteiger partial charge on any atom is -0.370 e. The molecule has 1 aromatic heterocycles. The summed E-state index contributed by atoms with van der Waals surface area (Å²) in [6.45, 7) is 1.92. The number of aromatic nitrogens is 1. The summed E-state index contributed by atoms with van der Waals surface area (Å²) < 4.78 is 41.7. The molecule has 4 heterocycles. The maximum Gasteiger partial charge on any atom is 0.419 e. The molecule has 3 aromatic carbocycles. The van der Waals surface area contributed by atoms with Gasteiger partial charge in [-0.3, -0.25) is 34.2 Å². The zero-order valence-corrected chi connectivity index (χ0v) is 28.9. The van der Waals surface area contributed by atoms with Gasteiger partial charge in [-0.25, -0.2) is 4.98 Å². The van der Waals surface area contributed by atoms with Gasteiger partial charge >= 0.3 is 6.18 Å². The van der Waals surface area contributed by atoms with E-state index in [1.807, 2.05) is 12.1 Å². The molecular weight excluding hydrogens is 705 g/mol. The van der Waals surface area contributed by atoms with E-state index in [-0.39, 0.29) is 52.8 Å². The van der Waals surface area contributed by atoms with Crippen molar-refractivity contribution < 1.29 is 37.1 Å². The number of alkyl halides is 3. The maximum atomic E-state index is 13.9. The van der Waals surface area contributed by atoms with E-state index < -0.39 is 47.3 Å². The number of pyridine rings is 1. The summed E-state index contributed by atoms with van der Waals surface area (Å²) in [7, 11) is 1.44. The predicted molar refractivity (Wildman–Crippen MR) is 193 cm³/mol. The van der Waals surface area contributed by atoms with Gasteiger partial charge in [-0.2, -0.15) is 13.2 Å². The maximum absolute atomic E-state index is 13.9. The van der Waals surface area contributed by atoms with Crippen LogP contribution < -0.4 is 31.5 Å². The molecule has 278 valence electrons. The number of nitrogens with zero attached hydrogens (tertiary/aromatic N) is 3. The van der Waals surface area contributed by atoms with Crippen LogP contribution in [0.25, 0.3) is 0 Å². The number of halogens is 3. The lowest BCUT2D eigenvalue weighted by Gasteiger charge is -2.27. The van der Waals surface area contributed by atoms with Crippen LogP contribution in [0.2, 0.25) is 0 Å². The number of para-hydroxylation sites is 1. The number of hydrogen-bond donors (Lipinski definition) is 5. The Kier molecular flexibility index (Phi) is 9.77. The van der Waals surface area contributed by atoms with Crippen molar-refractivity contribution in [1.29, 1.82) is 0 Å². The second-order valence-electron chi connectivity index (χ2n) is 13.2. The van der Waals surface area contributed by atoms with E-state index in [0.717, 1.165) is 28.8 Å². The van der Waals surface area contributed by atoms with Crippen LogP contribution in [0.5, 0.6) is 0 Å². The van der Waals surface area contributed by atoms with E-state index in [2.05, 4.69) is 36.5 Å². The molecule has 0 aliphatic carbocycles. The van der Waals surface area contributed by atoms with Gasteiger partial charge in [0.25, 0.3) is 17.7 Å². The zero-order chi connectivity index (χ0) is 38.1. The fraction of sp³-hybridized carbons (Fsp3) is 0.263. The second kappa shape index (κ2) is 14.6. The monoisotopic (exact) mass is 740 g/mol. The lowest BCUT2D eigenvalue weighted by Crippen LogP contribution is -2.54. The smallest absolute Gasteiger partial charge is 0.370 e. The Hall–Kier alpha value is -6.29. The molecule has 1 unspecified atom stereocenters. The zero-order valence-electron chi connectivity index (χ0n) is 28.9. The number of amides is 5. The highest BCUT2D eigenvalue weighted by molar-refractivity contribution is 6.23. The second-order valence-corrected chi connectivity index (χ2v) is 13.2. The highest BCUT2D eigenvalue weighted by Crippen LogP contribution is 2.38. The highest BCUT2D eigenvalue weighted by Gasteiger charge is 2.45. The number of imide groups is 2. The van der Waals surface area contributed by atoms with E-state index >= 15 is 0 Å². The number of piperidine rings is 1. The first-order chi connectivity index (χ1) is 25.9. The van der Waals surface area contributed by atoms with Crippen LogP contribution in [0.15, 0.2) is 79.0 Å². The molecule has 0 spiro atoms. The molecule has 54 heavy (non-hydrogen) atoms. The van der Waals surface area contributed by atoms with Crippen molar-refractivity contribution in [3.8, 4) is 0 Å². The number of rotatable bonds is 10. The van der Waals surface area contributed by atoms with Crippen molar-refractivity contribution in [1.82, 2.24) is 25.8 Å². The topological polar surface area (TPSA) is 165 Å². The number of anilines is 5. The van der Waals surface area contributed by atoms with Crippen molar-refractivity contribution in [2.45, 2.75) is 44.1 Å². The molecule has 13 nitrogen and oxygen atoms in total. The van der Waals surface area contributed by atoms with Gasteiger partial charge in [-0.05, 0) is 60.9 Å². The minimum atomic E-state index is -4.69. The van der Waals surface area contributed by atoms with Gasteiger partial charge in [0, 0.05) is 62.8 Å². The quantitative estimate of drug-likeness (QED) is 0.144. The molecule has 0 bridgehead atoms. The van der Waals surface area contributed by atoms with Crippen molar-refractivity contribution in [2.75, 3.05) is 35.7 Å². The third-order valence-corrected chi connectivity index (χ3v) is 9.68. The number of carbonyl (C=O) groups excluding carboxylic acids is 5. The van der Waals surface area contributed by atoms with Crippen LogP contribution >= 0.6 is 0 Å². The Bertz CT molecular complexity index is 2160. The summed E-state index contributed by atoms with van der Waals surface area (Å²) in [5.41, 5.74) is 1.97. The summed E-state index contributed by atoms with van der Waals surface area (Å²) in [5.74, 6) is -2.45. The van der Waals surface area contributed by atoms with Crippen molar-refractivity contribution >= 4 is 58.1 Å². The van der Waals surface area contributed by atoms with Gasteiger partial charge in [0.2, 0.25) is 11.8 Å². The molecule has 5 N–H and O–H groups in total. The standard InChI is InChI=1S/C38H35F3N8O5/c1-42-34(51)26-4-2-3-5-29(26)46-30-17-32(44-19-28(30)38(39,40)41)45-22-8-6-21(7-9-22)18-43-23-14-15-48(20-23)24-10-11-25-27(16-24)37(54)49(36(25)53)31-12-13-33(50)47-35(31)52/h2-11,16-17,19,23,31,43H,12-15,18,20H2,1H3,(H,42,51)(H2,44,45,46)(H,47,50,52)/t23-,31?/m1/s1. The Morgan fingerprint density at radius 1 is 0.907 bits per heavy atom. The fourth-order valence-corrected chi connectivity index (χ4v) is 6.86. The summed E-state index contributed by atoms with van der Waals surface area (Å²) in [6.07, 6.45) is -2.98. The molecule has 2 atom stereocenters. The molecule has 3 aliphatic rings. The van der Waals surface area contributed by atoms with Crippen LogP contribution in [-0.2, 0) is 22.3 Å². The number of fused-ring (bicyclic) bond motifs is 1. The number of benzene rings is 3. The lowest BCUT2D eigenvalue weighted by molar-refractivity contribution is -0.137. The summed E-state index contributed by atoms with van der Waals surface area (Å²) in [6, 6.07) is 19.1. The molecule has 2 fully saturated rings. The molecule has 5 amide bonds. The predicted octanol–water partition coefficient (Wildman–Crippen LogP) is 4.72. The average molecular weight is 741 g/mol. The summed E-state index contributed by atoms with van der Waals surface area (Å²) in [5, 5.41) is 14.0. The third-order valence-electron chi connectivity index (χ3n) is 9.68. The minimum absolute atomic E-state index is 0.0522. The van der Waals surface area contributed by atoms with E-state index in [9.17, 15) is 37.1 Å².